The van der Waals surface area contributed by atoms with Gasteiger partial charge in [-0.2, -0.15) is 0 Å². The summed E-state index contributed by atoms with van der Waals surface area (Å²) in [6.07, 6.45) is 1.91. The van der Waals surface area contributed by atoms with Crippen LogP contribution in [0.1, 0.15) is 11.5 Å². The molecular weight excluding hydrogens is 232 g/mol. The third-order valence-corrected chi connectivity index (χ3v) is 3.16. The van der Waals surface area contributed by atoms with Gasteiger partial charge in [0.25, 0.3) is 0 Å². The zero-order valence-electron chi connectivity index (χ0n) is 10.4. The number of benzene rings is 1. The minimum atomic E-state index is -0.939. The Morgan fingerprint density at radius 1 is 1.50 bits per heavy atom. The number of rotatable bonds is 4. The molecule has 1 aromatic heterocycles. The third-order valence-electron chi connectivity index (χ3n) is 3.16. The van der Waals surface area contributed by atoms with Crippen molar-refractivity contribution in [2.45, 2.75) is 5.92 Å². The fourth-order valence-corrected chi connectivity index (χ4v) is 2.20. The van der Waals surface area contributed by atoms with Crippen molar-refractivity contribution in [2.75, 3.05) is 13.7 Å². The van der Waals surface area contributed by atoms with Crippen molar-refractivity contribution in [2.24, 2.45) is 12.8 Å². The fraction of sp³-hybridized carbons (Fsp3) is 0.308. The number of nitrogens with zero attached hydrogens (tertiary/aromatic N) is 1. The number of aromatic nitrogens is 1. The zero-order valence-corrected chi connectivity index (χ0v) is 10.4. The highest BCUT2D eigenvalue weighted by Gasteiger charge is 2.23. The van der Waals surface area contributed by atoms with Crippen LogP contribution < -0.4 is 10.5 Å². The lowest BCUT2D eigenvalue weighted by atomic mass is 9.96. The smallest absolute Gasteiger partial charge is 0.312 e. The van der Waals surface area contributed by atoms with Gasteiger partial charge >= 0.3 is 5.97 Å². The number of ether oxygens (including phenoxy) is 1. The summed E-state index contributed by atoms with van der Waals surface area (Å²) in [7, 11) is 3.47. The maximum absolute atomic E-state index is 11.2. The molecule has 0 aliphatic carbocycles. The molecule has 5 nitrogen and oxygen atoms in total. The number of nitrogens with two attached hydrogens (primary N) is 1. The van der Waals surface area contributed by atoms with E-state index in [1.54, 1.807) is 13.2 Å². The number of carbonyl (C=O) groups is 1. The fourth-order valence-electron chi connectivity index (χ4n) is 2.20. The van der Waals surface area contributed by atoms with E-state index in [1.807, 2.05) is 29.9 Å². The first kappa shape index (κ1) is 12.4. The Morgan fingerprint density at radius 2 is 2.22 bits per heavy atom. The van der Waals surface area contributed by atoms with Gasteiger partial charge in [0.2, 0.25) is 0 Å². The molecule has 5 heteroatoms. The van der Waals surface area contributed by atoms with Crippen molar-refractivity contribution in [3.05, 3.63) is 30.0 Å². The molecular formula is C13H16N2O3. The van der Waals surface area contributed by atoms with Crippen LogP contribution in [0.15, 0.2) is 24.4 Å². The molecule has 2 rings (SSSR count). The SMILES string of the molecule is COc1c(C(CN)C(=O)O)ccc2c1ccn2C. The second-order valence-electron chi connectivity index (χ2n) is 4.17. The summed E-state index contributed by atoms with van der Waals surface area (Å²) >= 11 is 0. The molecule has 0 fully saturated rings. The number of hydrogen-bond donors (Lipinski definition) is 2. The van der Waals surface area contributed by atoms with Crippen LogP contribution in [0.4, 0.5) is 0 Å². The predicted molar refractivity (Wildman–Crippen MR) is 68.9 cm³/mol. The standard InChI is InChI=1S/C13H16N2O3/c1-15-6-5-9-11(15)4-3-8(12(9)18-2)10(7-14)13(16)17/h3-6,10H,7,14H2,1-2H3,(H,16,17). The average Bonchev–Trinajstić information content (AvgIpc) is 2.71. The molecule has 2 aromatic rings. The highest BCUT2D eigenvalue weighted by Crippen LogP contribution is 2.34. The van der Waals surface area contributed by atoms with Crippen LogP contribution in [-0.4, -0.2) is 29.3 Å². The van der Waals surface area contributed by atoms with E-state index in [9.17, 15) is 9.90 Å². The molecule has 0 bridgehead atoms. The Hall–Kier alpha value is -2.01. The van der Waals surface area contributed by atoms with E-state index in [4.69, 9.17) is 10.5 Å². The lowest BCUT2D eigenvalue weighted by Gasteiger charge is -2.15. The number of carboxylic acids is 1. The first-order chi connectivity index (χ1) is 8.60. The molecule has 3 N–H and O–H groups in total. The highest BCUT2D eigenvalue weighted by molar-refractivity contribution is 5.90. The van der Waals surface area contributed by atoms with E-state index in [0.29, 0.717) is 11.3 Å². The second-order valence-corrected chi connectivity index (χ2v) is 4.17. The number of methoxy groups -OCH3 is 1. The summed E-state index contributed by atoms with van der Waals surface area (Å²) in [6.45, 7) is 0.0457. The number of carboxylic acid groups (broad SMARTS) is 1. The van der Waals surface area contributed by atoms with E-state index in [-0.39, 0.29) is 6.54 Å². The Labute approximate surface area is 105 Å². The zero-order chi connectivity index (χ0) is 13.3. The Morgan fingerprint density at radius 3 is 2.78 bits per heavy atom. The van der Waals surface area contributed by atoms with Gasteiger partial charge in [-0.3, -0.25) is 4.79 Å². The highest BCUT2D eigenvalue weighted by atomic mass is 16.5. The molecule has 18 heavy (non-hydrogen) atoms. The van der Waals surface area contributed by atoms with Gasteiger partial charge in [-0.1, -0.05) is 6.07 Å². The maximum atomic E-state index is 11.2. The van der Waals surface area contributed by atoms with Crippen LogP contribution in [-0.2, 0) is 11.8 Å². The van der Waals surface area contributed by atoms with E-state index in [2.05, 4.69) is 0 Å². The first-order valence-electron chi connectivity index (χ1n) is 5.65. The number of hydrogen-bond acceptors (Lipinski definition) is 3. The minimum Gasteiger partial charge on any atom is -0.496 e. The topological polar surface area (TPSA) is 77.5 Å². The molecule has 0 aliphatic rings. The van der Waals surface area contributed by atoms with Crippen molar-refractivity contribution in [1.29, 1.82) is 0 Å². The van der Waals surface area contributed by atoms with Crippen molar-refractivity contribution in [3.8, 4) is 5.75 Å². The van der Waals surface area contributed by atoms with Crippen molar-refractivity contribution < 1.29 is 14.6 Å². The molecule has 1 atom stereocenters. The van der Waals surface area contributed by atoms with Gasteiger partial charge in [-0.25, -0.2) is 0 Å². The van der Waals surface area contributed by atoms with Gasteiger partial charge < -0.3 is 20.1 Å². The van der Waals surface area contributed by atoms with Crippen LogP contribution in [0, 0.1) is 0 Å². The van der Waals surface area contributed by atoms with Crippen molar-refractivity contribution in [1.82, 2.24) is 4.57 Å². The molecule has 0 saturated carbocycles. The number of aryl methyl sites for hydroxylation is 1. The molecule has 0 radical (unpaired) electrons. The van der Waals surface area contributed by atoms with Gasteiger partial charge in [0.05, 0.1) is 18.5 Å². The number of aliphatic carboxylic acids is 1. The van der Waals surface area contributed by atoms with Gasteiger partial charge in [-0.15, -0.1) is 0 Å². The normalized spacial score (nSPS) is 12.6. The summed E-state index contributed by atoms with van der Waals surface area (Å²) in [5, 5.41) is 10.1. The predicted octanol–water partition coefficient (Wildman–Crippen LogP) is 1.31. The van der Waals surface area contributed by atoms with Crippen LogP contribution in [0.25, 0.3) is 10.9 Å². The summed E-state index contributed by atoms with van der Waals surface area (Å²) in [5.41, 5.74) is 7.15. The first-order valence-corrected chi connectivity index (χ1v) is 5.65. The molecule has 96 valence electrons. The van der Waals surface area contributed by atoms with E-state index < -0.39 is 11.9 Å². The summed E-state index contributed by atoms with van der Waals surface area (Å²) in [4.78, 5) is 11.2. The van der Waals surface area contributed by atoms with Gasteiger partial charge in [0.1, 0.15) is 5.75 Å². The van der Waals surface area contributed by atoms with Crippen LogP contribution >= 0.6 is 0 Å². The van der Waals surface area contributed by atoms with E-state index >= 15 is 0 Å². The maximum Gasteiger partial charge on any atom is 0.312 e. The van der Waals surface area contributed by atoms with Gasteiger partial charge in [0, 0.05) is 30.7 Å². The third kappa shape index (κ3) is 1.82. The molecule has 1 aromatic carbocycles. The lowest BCUT2D eigenvalue weighted by molar-refractivity contribution is -0.138. The van der Waals surface area contributed by atoms with Crippen LogP contribution in [0.2, 0.25) is 0 Å². The molecule has 1 heterocycles. The summed E-state index contributed by atoms with van der Waals surface area (Å²) < 4.78 is 7.33. The molecule has 1 unspecified atom stereocenters. The average molecular weight is 248 g/mol. The Kier molecular flexibility index (Phi) is 3.25. The Balaban J connectivity index is 2.67. The summed E-state index contributed by atoms with van der Waals surface area (Å²) in [6, 6.07) is 5.57. The Bertz CT molecular complexity index is 589. The lowest BCUT2D eigenvalue weighted by Crippen LogP contribution is -2.21. The van der Waals surface area contributed by atoms with Crippen LogP contribution in [0.5, 0.6) is 5.75 Å². The molecule has 0 spiro atoms. The second kappa shape index (κ2) is 4.70. The molecule has 0 aliphatic heterocycles. The van der Waals surface area contributed by atoms with Crippen molar-refractivity contribution in [3.63, 3.8) is 0 Å². The van der Waals surface area contributed by atoms with Gasteiger partial charge in [-0.05, 0) is 12.1 Å². The van der Waals surface area contributed by atoms with E-state index in [0.717, 1.165) is 10.9 Å². The van der Waals surface area contributed by atoms with Crippen molar-refractivity contribution >= 4 is 16.9 Å². The van der Waals surface area contributed by atoms with Crippen LogP contribution in [0.3, 0.4) is 0 Å². The molecule has 0 amide bonds. The quantitative estimate of drug-likeness (QED) is 0.855. The minimum absolute atomic E-state index is 0.0457. The summed E-state index contributed by atoms with van der Waals surface area (Å²) in [5.74, 6) is -1.10. The monoisotopic (exact) mass is 248 g/mol. The van der Waals surface area contributed by atoms with Gasteiger partial charge in [0.15, 0.2) is 0 Å². The largest absolute Gasteiger partial charge is 0.496 e. The van der Waals surface area contributed by atoms with E-state index in [1.165, 1.54) is 0 Å². The molecule has 0 saturated heterocycles. The number of fused-ring (bicyclic) bond motifs is 1.